The van der Waals surface area contributed by atoms with E-state index in [-0.39, 0.29) is 18.2 Å². The van der Waals surface area contributed by atoms with Gasteiger partial charge in [-0.05, 0) is 18.2 Å². The minimum atomic E-state index is 0.0521. The molecular weight excluding hydrogens is 292 g/mol. The molecule has 0 aliphatic carbocycles. The van der Waals surface area contributed by atoms with Crippen molar-refractivity contribution in [2.75, 3.05) is 37.3 Å². The highest BCUT2D eigenvalue weighted by Gasteiger charge is 2.23. The van der Waals surface area contributed by atoms with Gasteiger partial charge in [-0.3, -0.25) is 15.2 Å². The number of anilines is 2. The fraction of sp³-hybridized carbons (Fsp3) is 0.250. The molecule has 2 aromatic heterocycles. The predicted octanol–water partition coefficient (Wildman–Crippen LogP) is 0.753. The second-order valence-corrected chi connectivity index (χ2v) is 5.46. The third kappa shape index (κ3) is 2.98. The summed E-state index contributed by atoms with van der Waals surface area (Å²) in [6.07, 6.45) is 3.17. The molecule has 23 heavy (non-hydrogen) atoms. The van der Waals surface area contributed by atoms with Crippen LogP contribution >= 0.6 is 0 Å². The zero-order chi connectivity index (χ0) is 16.4. The smallest absolute Gasteiger partial charge is 0.241 e. The van der Waals surface area contributed by atoms with Crippen LogP contribution in [0.1, 0.15) is 11.3 Å². The Bertz CT molecular complexity index is 745. The summed E-state index contributed by atoms with van der Waals surface area (Å²) in [6, 6.07) is 7.15. The summed E-state index contributed by atoms with van der Waals surface area (Å²) in [4.78, 5) is 24.0. The third-order valence-electron chi connectivity index (χ3n) is 3.89. The maximum absolute atomic E-state index is 11.9. The number of likely N-dealkylation sites (N-methyl/N-ethyl adjacent to an activating group) is 1. The minimum Gasteiger partial charge on any atom is -0.397 e. The van der Waals surface area contributed by atoms with E-state index in [2.05, 4.69) is 9.97 Å². The number of rotatable bonds is 3. The summed E-state index contributed by atoms with van der Waals surface area (Å²) >= 11 is 0. The normalized spacial score (nSPS) is 14.9. The van der Waals surface area contributed by atoms with Crippen molar-refractivity contribution in [2.24, 2.45) is 0 Å². The van der Waals surface area contributed by atoms with E-state index in [1.807, 2.05) is 11.0 Å². The van der Waals surface area contributed by atoms with Gasteiger partial charge in [-0.1, -0.05) is 6.07 Å². The zero-order valence-corrected chi connectivity index (χ0v) is 12.9. The molecule has 0 bridgehead atoms. The molecule has 1 aliphatic rings. The van der Waals surface area contributed by atoms with Crippen LogP contribution in [0.25, 0.3) is 0 Å². The highest BCUT2D eigenvalue weighted by molar-refractivity contribution is 6.13. The number of nitrogens with zero attached hydrogens (tertiary/aromatic N) is 4. The number of nitrogens with two attached hydrogens (primary N) is 1. The Morgan fingerprint density at radius 3 is 2.83 bits per heavy atom. The van der Waals surface area contributed by atoms with Crippen molar-refractivity contribution in [2.45, 2.75) is 0 Å². The van der Waals surface area contributed by atoms with Crippen LogP contribution in [0.15, 0.2) is 36.7 Å². The molecule has 118 valence electrons. The molecule has 3 heterocycles. The molecule has 2 aromatic rings. The maximum Gasteiger partial charge on any atom is 0.241 e. The standard InChI is InChI=1S/C16H18N6O/c1-21-6-7-22(10-15(21)23)14-8-11(12(17)9-20-14)16(18)13-4-2-3-5-19-13/h2-5,8-9,18H,6-7,10,17H2,1H3. The molecule has 0 saturated carbocycles. The van der Waals surface area contributed by atoms with Gasteiger partial charge in [0.15, 0.2) is 0 Å². The van der Waals surface area contributed by atoms with Crippen LogP contribution < -0.4 is 10.6 Å². The quantitative estimate of drug-likeness (QED) is 0.815. The molecule has 1 aliphatic heterocycles. The van der Waals surface area contributed by atoms with Gasteiger partial charge in [0.25, 0.3) is 0 Å². The molecule has 7 nitrogen and oxygen atoms in total. The van der Waals surface area contributed by atoms with Gasteiger partial charge < -0.3 is 15.5 Å². The average molecular weight is 310 g/mol. The highest BCUT2D eigenvalue weighted by Crippen LogP contribution is 2.21. The number of amides is 1. The zero-order valence-electron chi connectivity index (χ0n) is 12.9. The summed E-state index contributed by atoms with van der Waals surface area (Å²) in [5.41, 5.74) is 7.76. The first-order valence-corrected chi connectivity index (χ1v) is 7.31. The average Bonchev–Trinajstić information content (AvgIpc) is 2.58. The Balaban J connectivity index is 1.91. The van der Waals surface area contributed by atoms with Crippen molar-refractivity contribution in [1.82, 2.24) is 14.9 Å². The molecule has 0 spiro atoms. The van der Waals surface area contributed by atoms with Crippen molar-refractivity contribution >= 4 is 23.1 Å². The molecular formula is C16H18N6O. The summed E-state index contributed by atoms with van der Waals surface area (Å²) in [5, 5.41) is 8.33. The van der Waals surface area contributed by atoms with E-state index < -0.39 is 0 Å². The number of hydrogen-bond acceptors (Lipinski definition) is 6. The van der Waals surface area contributed by atoms with Gasteiger partial charge in [-0.25, -0.2) is 4.98 Å². The molecule has 0 atom stereocenters. The summed E-state index contributed by atoms with van der Waals surface area (Å²) in [7, 11) is 1.79. The molecule has 7 heteroatoms. The van der Waals surface area contributed by atoms with Gasteiger partial charge in [0.2, 0.25) is 5.91 Å². The largest absolute Gasteiger partial charge is 0.397 e. The number of carbonyl (C=O) groups excluding carboxylic acids is 1. The fourth-order valence-electron chi connectivity index (χ4n) is 2.45. The lowest BCUT2D eigenvalue weighted by Crippen LogP contribution is -2.48. The summed E-state index contributed by atoms with van der Waals surface area (Å²) < 4.78 is 0. The maximum atomic E-state index is 11.9. The van der Waals surface area contributed by atoms with Crippen molar-refractivity contribution < 1.29 is 4.79 Å². The number of piperazine rings is 1. The number of aromatic nitrogens is 2. The Kier molecular flexibility index (Phi) is 3.92. The first-order valence-electron chi connectivity index (χ1n) is 7.31. The SMILES string of the molecule is CN1CCN(c2cc(C(=N)c3ccccn3)c(N)cn2)CC1=O. The van der Waals surface area contributed by atoms with Crippen molar-refractivity contribution in [1.29, 1.82) is 5.41 Å². The fourth-order valence-corrected chi connectivity index (χ4v) is 2.45. The highest BCUT2D eigenvalue weighted by atomic mass is 16.2. The summed E-state index contributed by atoms with van der Waals surface area (Å²) in [5.74, 6) is 0.701. The van der Waals surface area contributed by atoms with Gasteiger partial charge in [0, 0.05) is 31.9 Å². The van der Waals surface area contributed by atoms with E-state index >= 15 is 0 Å². The van der Waals surface area contributed by atoms with E-state index in [4.69, 9.17) is 11.1 Å². The predicted molar refractivity (Wildman–Crippen MR) is 88.7 cm³/mol. The topological polar surface area (TPSA) is 99.2 Å². The Morgan fingerprint density at radius 2 is 2.13 bits per heavy atom. The van der Waals surface area contributed by atoms with Crippen molar-refractivity contribution in [3.8, 4) is 0 Å². The molecule has 0 unspecified atom stereocenters. The van der Waals surface area contributed by atoms with Crippen LogP contribution in [-0.4, -0.2) is 53.2 Å². The first-order chi connectivity index (χ1) is 11.1. The van der Waals surface area contributed by atoms with Gasteiger partial charge in [0.05, 0.1) is 29.8 Å². The molecule has 3 rings (SSSR count). The van der Waals surface area contributed by atoms with Gasteiger partial charge in [-0.2, -0.15) is 0 Å². The van der Waals surface area contributed by atoms with Crippen LogP contribution in [-0.2, 0) is 4.79 Å². The lowest BCUT2D eigenvalue weighted by atomic mass is 10.1. The van der Waals surface area contributed by atoms with Crippen LogP contribution in [0.5, 0.6) is 0 Å². The summed E-state index contributed by atoms with van der Waals surface area (Å²) in [6.45, 7) is 1.64. The molecule has 1 fully saturated rings. The van der Waals surface area contributed by atoms with E-state index in [0.717, 1.165) is 0 Å². The Hall–Kier alpha value is -2.96. The number of pyridine rings is 2. The Labute approximate surface area is 134 Å². The van der Waals surface area contributed by atoms with Crippen LogP contribution in [0.3, 0.4) is 0 Å². The lowest BCUT2D eigenvalue weighted by Gasteiger charge is -2.33. The molecule has 0 radical (unpaired) electrons. The first kappa shape index (κ1) is 15.0. The van der Waals surface area contributed by atoms with Gasteiger partial charge in [0.1, 0.15) is 5.82 Å². The monoisotopic (exact) mass is 310 g/mol. The van der Waals surface area contributed by atoms with E-state index in [1.165, 1.54) is 6.20 Å². The third-order valence-corrected chi connectivity index (χ3v) is 3.89. The van der Waals surface area contributed by atoms with E-state index in [9.17, 15) is 4.79 Å². The van der Waals surface area contributed by atoms with Crippen molar-refractivity contribution in [3.63, 3.8) is 0 Å². The second-order valence-electron chi connectivity index (χ2n) is 5.46. The Morgan fingerprint density at radius 1 is 1.30 bits per heavy atom. The number of nitrogen functional groups attached to an aromatic ring is 1. The van der Waals surface area contributed by atoms with Crippen LogP contribution in [0, 0.1) is 5.41 Å². The number of carbonyl (C=O) groups is 1. The van der Waals surface area contributed by atoms with Crippen molar-refractivity contribution in [3.05, 3.63) is 47.9 Å². The number of nitrogens with one attached hydrogen (secondary N) is 1. The minimum absolute atomic E-state index is 0.0521. The van der Waals surface area contributed by atoms with Crippen LogP contribution in [0.4, 0.5) is 11.5 Å². The van der Waals surface area contributed by atoms with Crippen LogP contribution in [0.2, 0.25) is 0 Å². The molecule has 1 saturated heterocycles. The second kappa shape index (κ2) is 6.04. The van der Waals surface area contributed by atoms with Gasteiger partial charge in [-0.15, -0.1) is 0 Å². The van der Waals surface area contributed by atoms with E-state index in [0.29, 0.717) is 35.9 Å². The number of hydrogen-bond donors (Lipinski definition) is 2. The van der Waals surface area contributed by atoms with E-state index in [1.54, 1.807) is 36.3 Å². The molecule has 1 amide bonds. The molecule has 3 N–H and O–H groups in total. The lowest BCUT2D eigenvalue weighted by molar-refractivity contribution is -0.129. The molecule has 0 aromatic carbocycles. The van der Waals surface area contributed by atoms with Gasteiger partial charge >= 0.3 is 0 Å².